The van der Waals surface area contributed by atoms with Gasteiger partial charge in [-0.2, -0.15) is 0 Å². The van der Waals surface area contributed by atoms with Crippen LogP contribution in [-0.4, -0.2) is 32.8 Å². The zero-order valence-corrected chi connectivity index (χ0v) is 21.6. The number of benzene rings is 2. The fourth-order valence-corrected chi connectivity index (χ4v) is 4.91. The van der Waals surface area contributed by atoms with E-state index in [1.807, 2.05) is 12.1 Å². The molecule has 0 saturated carbocycles. The molecule has 2 aromatic carbocycles. The molecule has 0 aliphatic carbocycles. The minimum atomic E-state index is -0.189. The third-order valence-electron chi connectivity index (χ3n) is 6.62. The maximum atomic E-state index is 11.8. The predicted molar refractivity (Wildman–Crippen MR) is 141 cm³/mol. The van der Waals surface area contributed by atoms with Crippen molar-refractivity contribution in [1.29, 1.82) is 0 Å². The first kappa shape index (κ1) is 26.2. The highest BCUT2D eigenvalue weighted by Crippen LogP contribution is 2.38. The molecule has 5 heteroatoms. The van der Waals surface area contributed by atoms with Crippen molar-refractivity contribution in [1.82, 2.24) is 0 Å². The van der Waals surface area contributed by atoms with Crippen molar-refractivity contribution in [3.05, 3.63) is 70.8 Å². The number of esters is 1. The van der Waals surface area contributed by atoms with E-state index >= 15 is 0 Å². The minimum absolute atomic E-state index is 0.0758. The summed E-state index contributed by atoms with van der Waals surface area (Å²) in [5.41, 5.74) is 4.88. The van der Waals surface area contributed by atoms with Gasteiger partial charge < -0.3 is 14.4 Å². The Morgan fingerprint density at radius 2 is 2.12 bits per heavy atom. The van der Waals surface area contributed by atoms with Crippen LogP contribution >= 0.6 is 11.6 Å². The molecule has 0 radical (unpaired) electrons. The van der Waals surface area contributed by atoms with E-state index in [1.54, 1.807) is 0 Å². The van der Waals surface area contributed by atoms with E-state index in [4.69, 9.17) is 21.1 Å². The number of anilines is 1. The van der Waals surface area contributed by atoms with Gasteiger partial charge in [0, 0.05) is 24.0 Å². The zero-order valence-electron chi connectivity index (χ0n) is 20.8. The number of halogens is 1. The summed E-state index contributed by atoms with van der Waals surface area (Å²) >= 11 is 6.33. The Balaban J connectivity index is 1.91. The predicted octanol–water partition coefficient (Wildman–Crippen LogP) is 7.30. The maximum absolute atomic E-state index is 11.8. The lowest BCUT2D eigenvalue weighted by Gasteiger charge is -2.28. The number of ether oxygens (including phenoxy) is 2. The number of aryl methyl sites for hydroxylation is 1. The van der Waals surface area contributed by atoms with Crippen molar-refractivity contribution in [2.45, 2.75) is 64.2 Å². The largest absolute Gasteiger partial charge is 0.491 e. The Hall–Kier alpha value is -2.46. The molecule has 0 saturated heterocycles. The Kier molecular flexibility index (Phi) is 9.88. The van der Waals surface area contributed by atoms with Crippen LogP contribution in [0, 0.1) is 0 Å². The lowest BCUT2D eigenvalue weighted by atomic mass is 9.92. The Labute approximate surface area is 209 Å². The first-order valence-electron chi connectivity index (χ1n) is 12.4. The highest BCUT2D eigenvalue weighted by Gasteiger charge is 2.26. The summed E-state index contributed by atoms with van der Waals surface area (Å²) in [7, 11) is 1.44. The van der Waals surface area contributed by atoms with Crippen LogP contribution < -0.4 is 9.64 Å². The second-order valence-corrected chi connectivity index (χ2v) is 9.68. The van der Waals surface area contributed by atoms with Crippen molar-refractivity contribution in [3.63, 3.8) is 0 Å². The SMILES string of the molecule is C=CCCCCN1CC(c2ccc(Cl)cc2CCC)COc2ccc(C(C)CC(=O)OC)cc21. The van der Waals surface area contributed by atoms with Crippen molar-refractivity contribution >= 4 is 23.3 Å². The summed E-state index contributed by atoms with van der Waals surface area (Å²) in [6, 6.07) is 12.6. The van der Waals surface area contributed by atoms with Crippen LogP contribution in [0.3, 0.4) is 0 Å². The number of rotatable bonds is 11. The van der Waals surface area contributed by atoms with E-state index in [9.17, 15) is 4.79 Å². The fourth-order valence-electron chi connectivity index (χ4n) is 4.72. The molecule has 0 fully saturated rings. The van der Waals surface area contributed by atoms with E-state index in [1.165, 1.54) is 18.2 Å². The van der Waals surface area contributed by atoms with Crippen molar-refractivity contribution in [2.75, 3.05) is 31.7 Å². The molecule has 1 heterocycles. The van der Waals surface area contributed by atoms with Gasteiger partial charge in [-0.3, -0.25) is 4.79 Å². The van der Waals surface area contributed by atoms with E-state index in [0.29, 0.717) is 13.0 Å². The van der Waals surface area contributed by atoms with Crippen LogP contribution in [0.4, 0.5) is 5.69 Å². The molecule has 0 amide bonds. The topological polar surface area (TPSA) is 38.8 Å². The normalized spacial score (nSPS) is 16.2. The molecule has 34 heavy (non-hydrogen) atoms. The summed E-state index contributed by atoms with van der Waals surface area (Å²) in [4.78, 5) is 14.3. The minimum Gasteiger partial charge on any atom is -0.491 e. The summed E-state index contributed by atoms with van der Waals surface area (Å²) in [6.45, 7) is 10.6. The third-order valence-corrected chi connectivity index (χ3v) is 6.86. The summed E-state index contributed by atoms with van der Waals surface area (Å²) in [5, 5.41) is 0.788. The average molecular weight is 484 g/mol. The monoisotopic (exact) mass is 483 g/mol. The second kappa shape index (κ2) is 12.9. The van der Waals surface area contributed by atoms with Crippen LogP contribution in [0.15, 0.2) is 49.1 Å². The number of hydrogen-bond donors (Lipinski definition) is 0. The average Bonchev–Trinajstić information content (AvgIpc) is 3.01. The van der Waals surface area contributed by atoms with Gasteiger partial charge in [-0.25, -0.2) is 0 Å². The van der Waals surface area contributed by atoms with E-state index in [0.717, 1.165) is 67.2 Å². The molecule has 1 aliphatic rings. The number of hydrogen-bond acceptors (Lipinski definition) is 4. The molecule has 0 N–H and O–H groups in total. The molecule has 4 nitrogen and oxygen atoms in total. The number of allylic oxidation sites excluding steroid dienone is 1. The van der Waals surface area contributed by atoms with Gasteiger partial charge in [-0.15, -0.1) is 6.58 Å². The lowest BCUT2D eigenvalue weighted by Crippen LogP contribution is -2.30. The van der Waals surface area contributed by atoms with E-state index in [2.05, 4.69) is 55.7 Å². The van der Waals surface area contributed by atoms with Crippen molar-refractivity contribution < 1.29 is 14.3 Å². The van der Waals surface area contributed by atoms with Crippen LogP contribution in [-0.2, 0) is 16.0 Å². The van der Waals surface area contributed by atoms with Crippen molar-refractivity contribution in [2.24, 2.45) is 0 Å². The number of fused-ring (bicyclic) bond motifs is 1. The van der Waals surface area contributed by atoms with E-state index < -0.39 is 0 Å². The van der Waals surface area contributed by atoms with E-state index in [-0.39, 0.29) is 17.8 Å². The van der Waals surface area contributed by atoms with Gasteiger partial charge in [-0.05, 0) is 72.6 Å². The standard InChI is InChI=1S/C29H38ClNO3/c1-5-7-8-9-15-31-19-24(26-13-12-25(30)17-23(26)10-6-2)20-34-28-14-11-22(18-27(28)31)21(3)16-29(32)33-4/h5,11-14,17-18,21,24H,1,6-10,15-16,19-20H2,2-4H3. The maximum Gasteiger partial charge on any atom is 0.306 e. The summed E-state index contributed by atoms with van der Waals surface area (Å²) in [5.74, 6) is 1.05. The molecule has 184 valence electrons. The molecule has 2 unspecified atom stereocenters. The van der Waals surface area contributed by atoms with Crippen LogP contribution in [0.2, 0.25) is 5.02 Å². The van der Waals surface area contributed by atoms with Gasteiger partial charge in [0.15, 0.2) is 0 Å². The molecular weight excluding hydrogens is 446 g/mol. The summed E-state index contributed by atoms with van der Waals surface area (Å²) in [6.07, 6.45) is 7.66. The third kappa shape index (κ3) is 6.79. The molecular formula is C29H38ClNO3. The van der Waals surface area contributed by atoms with Gasteiger partial charge in [-0.1, -0.05) is 50.1 Å². The van der Waals surface area contributed by atoms with Gasteiger partial charge >= 0.3 is 5.97 Å². The first-order valence-corrected chi connectivity index (χ1v) is 12.8. The second-order valence-electron chi connectivity index (χ2n) is 9.24. The molecule has 0 spiro atoms. The summed E-state index contributed by atoms with van der Waals surface area (Å²) < 4.78 is 11.3. The first-order chi connectivity index (χ1) is 16.5. The van der Waals surface area contributed by atoms with Crippen LogP contribution in [0.1, 0.15) is 74.5 Å². The molecule has 2 aromatic rings. The highest BCUT2D eigenvalue weighted by atomic mass is 35.5. The van der Waals surface area contributed by atoms with Gasteiger partial charge in [0.05, 0.1) is 25.8 Å². The van der Waals surface area contributed by atoms with Gasteiger partial charge in [0.1, 0.15) is 5.75 Å². The van der Waals surface area contributed by atoms with Gasteiger partial charge in [0.25, 0.3) is 0 Å². The van der Waals surface area contributed by atoms with Gasteiger partial charge in [0.2, 0.25) is 0 Å². The highest BCUT2D eigenvalue weighted by molar-refractivity contribution is 6.30. The Morgan fingerprint density at radius 3 is 2.85 bits per heavy atom. The number of carbonyl (C=O) groups excluding carboxylic acids is 1. The van der Waals surface area contributed by atoms with Crippen LogP contribution in [0.25, 0.3) is 0 Å². The number of unbranched alkanes of at least 4 members (excludes halogenated alkanes) is 2. The fraction of sp³-hybridized carbons (Fsp3) is 0.483. The quantitative estimate of drug-likeness (QED) is 0.191. The van der Waals surface area contributed by atoms with Crippen LogP contribution in [0.5, 0.6) is 5.75 Å². The smallest absolute Gasteiger partial charge is 0.306 e. The molecule has 2 atom stereocenters. The number of carbonyl (C=O) groups is 1. The lowest BCUT2D eigenvalue weighted by molar-refractivity contribution is -0.140. The Bertz CT molecular complexity index is 974. The Morgan fingerprint density at radius 1 is 1.29 bits per heavy atom. The zero-order chi connectivity index (χ0) is 24.5. The van der Waals surface area contributed by atoms with Crippen molar-refractivity contribution in [3.8, 4) is 5.75 Å². The number of methoxy groups -OCH3 is 1. The molecule has 0 aromatic heterocycles. The molecule has 0 bridgehead atoms. The molecule has 1 aliphatic heterocycles. The number of nitrogens with zero attached hydrogens (tertiary/aromatic N) is 1. The molecule has 3 rings (SSSR count).